The smallest absolute Gasteiger partial charge is 0.251 e. The fourth-order valence-corrected chi connectivity index (χ4v) is 2.05. The van der Waals surface area contributed by atoms with Crippen LogP contribution in [0.3, 0.4) is 0 Å². The number of halogens is 1. The van der Waals surface area contributed by atoms with Crippen molar-refractivity contribution < 1.29 is 14.7 Å². The van der Waals surface area contributed by atoms with Gasteiger partial charge in [0.2, 0.25) is 5.91 Å². The minimum atomic E-state index is -0.559. The van der Waals surface area contributed by atoms with E-state index in [1.165, 1.54) is 0 Å². The highest BCUT2D eigenvalue weighted by Gasteiger charge is 2.10. The Morgan fingerprint density at radius 1 is 1.19 bits per heavy atom. The van der Waals surface area contributed by atoms with Crippen molar-refractivity contribution in [3.8, 4) is 0 Å². The van der Waals surface area contributed by atoms with Gasteiger partial charge in [-0.3, -0.25) is 9.59 Å². The van der Waals surface area contributed by atoms with Crippen LogP contribution in [0.4, 0.5) is 0 Å². The summed E-state index contributed by atoms with van der Waals surface area (Å²) in [6, 6.07) is 6.86. The van der Waals surface area contributed by atoms with Gasteiger partial charge in [-0.25, -0.2) is 0 Å². The molecule has 6 heteroatoms. The first-order chi connectivity index (χ1) is 9.88. The summed E-state index contributed by atoms with van der Waals surface area (Å²) in [4.78, 5) is 23.4. The van der Waals surface area contributed by atoms with Crippen molar-refractivity contribution in [3.63, 3.8) is 0 Å². The van der Waals surface area contributed by atoms with Crippen LogP contribution >= 0.6 is 15.9 Å². The summed E-state index contributed by atoms with van der Waals surface area (Å²) < 4.78 is 0.885. The molecule has 1 aromatic carbocycles. The second-order valence-electron chi connectivity index (χ2n) is 5.28. The Morgan fingerprint density at radius 2 is 1.81 bits per heavy atom. The van der Waals surface area contributed by atoms with Crippen LogP contribution in [0.25, 0.3) is 0 Å². The molecule has 0 heterocycles. The van der Waals surface area contributed by atoms with Crippen molar-refractivity contribution in [2.45, 2.75) is 26.4 Å². The Labute approximate surface area is 133 Å². The van der Waals surface area contributed by atoms with Gasteiger partial charge in [-0.15, -0.1) is 0 Å². The Kier molecular flexibility index (Phi) is 7.39. The van der Waals surface area contributed by atoms with E-state index in [9.17, 15) is 14.7 Å². The second-order valence-corrected chi connectivity index (χ2v) is 6.19. The van der Waals surface area contributed by atoms with Crippen molar-refractivity contribution >= 4 is 27.7 Å². The molecular formula is C15H21BrN2O3. The zero-order chi connectivity index (χ0) is 15.8. The zero-order valence-electron chi connectivity index (χ0n) is 12.2. The van der Waals surface area contributed by atoms with Crippen molar-refractivity contribution in [2.75, 3.05) is 13.1 Å². The molecule has 0 radical (unpaired) electrons. The zero-order valence-corrected chi connectivity index (χ0v) is 13.8. The third kappa shape index (κ3) is 7.24. The van der Waals surface area contributed by atoms with Crippen LogP contribution in [-0.4, -0.2) is 36.1 Å². The van der Waals surface area contributed by atoms with Crippen molar-refractivity contribution in [2.24, 2.45) is 5.92 Å². The maximum absolute atomic E-state index is 11.8. The van der Waals surface area contributed by atoms with Gasteiger partial charge < -0.3 is 15.7 Å². The number of benzene rings is 1. The van der Waals surface area contributed by atoms with Crippen molar-refractivity contribution in [1.29, 1.82) is 0 Å². The van der Waals surface area contributed by atoms with Crippen molar-refractivity contribution in [1.82, 2.24) is 10.6 Å². The summed E-state index contributed by atoms with van der Waals surface area (Å²) in [5.41, 5.74) is 0.492. The number of amides is 2. The number of carbonyl (C=O) groups excluding carboxylic acids is 2. The molecular weight excluding hydrogens is 336 g/mol. The van der Waals surface area contributed by atoms with E-state index in [2.05, 4.69) is 26.6 Å². The molecule has 0 spiro atoms. The van der Waals surface area contributed by atoms with Crippen LogP contribution in [0, 0.1) is 5.92 Å². The van der Waals surface area contributed by atoms with Gasteiger partial charge in [-0.1, -0.05) is 29.8 Å². The van der Waals surface area contributed by atoms with E-state index >= 15 is 0 Å². The maximum atomic E-state index is 11.8. The minimum Gasteiger partial charge on any atom is -0.391 e. The van der Waals surface area contributed by atoms with Crippen LogP contribution in [0.15, 0.2) is 28.7 Å². The van der Waals surface area contributed by atoms with Gasteiger partial charge in [0.05, 0.1) is 12.6 Å². The van der Waals surface area contributed by atoms with Gasteiger partial charge in [0.1, 0.15) is 0 Å². The molecule has 0 aliphatic rings. The molecule has 116 valence electrons. The summed E-state index contributed by atoms with van der Waals surface area (Å²) in [5, 5.41) is 14.8. The standard InChI is InChI=1S/C15H21BrN2O3/c1-10(2)7-13(19)8-17-14(20)9-18-15(21)11-3-5-12(16)6-4-11/h3-6,10,13,19H,7-9H2,1-2H3,(H,17,20)(H,18,21). The predicted molar refractivity (Wildman–Crippen MR) is 84.9 cm³/mol. The molecule has 0 fully saturated rings. The second kappa shape index (κ2) is 8.79. The van der Waals surface area contributed by atoms with E-state index in [0.717, 1.165) is 4.47 Å². The lowest BCUT2D eigenvalue weighted by Gasteiger charge is -2.14. The summed E-state index contributed by atoms with van der Waals surface area (Å²) in [7, 11) is 0. The number of hydrogen-bond donors (Lipinski definition) is 3. The average molecular weight is 357 g/mol. The molecule has 5 nitrogen and oxygen atoms in total. The number of aliphatic hydroxyl groups is 1. The van der Waals surface area contributed by atoms with Crippen LogP contribution < -0.4 is 10.6 Å². The average Bonchev–Trinajstić information content (AvgIpc) is 2.42. The molecule has 1 rings (SSSR count). The summed E-state index contributed by atoms with van der Waals surface area (Å²) >= 11 is 3.29. The first-order valence-corrected chi connectivity index (χ1v) is 7.66. The van der Waals surface area contributed by atoms with E-state index in [0.29, 0.717) is 17.9 Å². The first-order valence-electron chi connectivity index (χ1n) is 6.87. The lowest BCUT2D eigenvalue weighted by Crippen LogP contribution is -2.40. The van der Waals surface area contributed by atoms with E-state index in [1.807, 2.05) is 13.8 Å². The van der Waals surface area contributed by atoms with Gasteiger partial charge in [0.15, 0.2) is 0 Å². The third-order valence-corrected chi connectivity index (χ3v) is 3.32. The molecule has 2 amide bonds. The lowest BCUT2D eigenvalue weighted by atomic mass is 10.1. The number of hydrogen-bond acceptors (Lipinski definition) is 3. The largest absolute Gasteiger partial charge is 0.391 e. The SMILES string of the molecule is CC(C)CC(O)CNC(=O)CNC(=O)c1ccc(Br)cc1. The van der Waals surface area contributed by atoms with Crippen LogP contribution in [0.2, 0.25) is 0 Å². The van der Waals surface area contributed by atoms with Crippen LogP contribution in [0.5, 0.6) is 0 Å². The minimum absolute atomic E-state index is 0.108. The normalized spacial score (nSPS) is 12.0. The highest BCUT2D eigenvalue weighted by molar-refractivity contribution is 9.10. The van der Waals surface area contributed by atoms with Gasteiger partial charge in [-0.2, -0.15) is 0 Å². The monoisotopic (exact) mass is 356 g/mol. The summed E-state index contributed by atoms with van der Waals surface area (Å²) in [5.74, 6) is -0.252. The highest BCUT2D eigenvalue weighted by Crippen LogP contribution is 2.10. The molecule has 0 aliphatic heterocycles. The molecule has 1 unspecified atom stereocenters. The molecule has 0 aromatic heterocycles. The molecule has 1 atom stereocenters. The van der Waals surface area contributed by atoms with Crippen LogP contribution in [0.1, 0.15) is 30.6 Å². The molecule has 0 aliphatic carbocycles. The first kappa shape index (κ1) is 17.7. The maximum Gasteiger partial charge on any atom is 0.251 e. The third-order valence-electron chi connectivity index (χ3n) is 2.79. The Hall–Kier alpha value is -1.40. The van der Waals surface area contributed by atoms with Crippen LogP contribution in [-0.2, 0) is 4.79 Å². The van der Waals surface area contributed by atoms with E-state index in [-0.39, 0.29) is 24.9 Å². The van der Waals surface area contributed by atoms with E-state index in [4.69, 9.17) is 0 Å². The molecule has 1 aromatic rings. The highest BCUT2D eigenvalue weighted by atomic mass is 79.9. The Morgan fingerprint density at radius 3 is 2.38 bits per heavy atom. The Balaban J connectivity index is 2.29. The van der Waals surface area contributed by atoms with Gasteiger partial charge in [0, 0.05) is 16.6 Å². The molecule has 21 heavy (non-hydrogen) atoms. The molecule has 0 saturated heterocycles. The van der Waals surface area contributed by atoms with Crippen molar-refractivity contribution in [3.05, 3.63) is 34.3 Å². The van der Waals surface area contributed by atoms with E-state index in [1.54, 1.807) is 24.3 Å². The fraction of sp³-hybridized carbons (Fsp3) is 0.467. The number of rotatable bonds is 7. The number of nitrogens with one attached hydrogen (secondary N) is 2. The van der Waals surface area contributed by atoms with Gasteiger partial charge in [0.25, 0.3) is 5.91 Å². The van der Waals surface area contributed by atoms with Gasteiger partial charge in [-0.05, 0) is 36.6 Å². The topological polar surface area (TPSA) is 78.4 Å². The number of aliphatic hydroxyl groups excluding tert-OH is 1. The molecule has 3 N–H and O–H groups in total. The van der Waals surface area contributed by atoms with Gasteiger partial charge >= 0.3 is 0 Å². The Bertz CT molecular complexity index is 474. The van der Waals surface area contributed by atoms with E-state index < -0.39 is 6.10 Å². The lowest BCUT2D eigenvalue weighted by molar-refractivity contribution is -0.120. The summed E-state index contributed by atoms with van der Waals surface area (Å²) in [6.07, 6.45) is 0.0713. The summed E-state index contributed by atoms with van der Waals surface area (Å²) in [6.45, 7) is 4.10. The predicted octanol–water partition coefficient (Wildman–Crippen LogP) is 1.70. The molecule has 0 saturated carbocycles. The molecule has 0 bridgehead atoms. The fourth-order valence-electron chi connectivity index (χ4n) is 1.79. The number of carbonyl (C=O) groups is 2. The quantitative estimate of drug-likeness (QED) is 0.695.